The lowest BCUT2D eigenvalue weighted by Crippen LogP contribution is -1.94. The average Bonchev–Trinajstić information content (AvgIpc) is 2.46. The Bertz CT molecular complexity index is 521. The summed E-state index contributed by atoms with van der Waals surface area (Å²) in [6, 6.07) is 4.93. The molecule has 0 aliphatic carbocycles. The minimum atomic E-state index is -0.479. The molecule has 0 bridgehead atoms. The number of fused-ring (bicyclic) bond motifs is 1. The normalized spacial score (nSPS) is 10.6. The van der Waals surface area contributed by atoms with Crippen LogP contribution in [0.5, 0.6) is 0 Å². The Kier molecular flexibility index (Phi) is 2.09. The molecule has 0 fully saturated rings. The van der Waals surface area contributed by atoms with Crippen LogP contribution in [-0.4, -0.2) is 4.92 Å². The molecule has 1 aromatic heterocycles. The number of anilines is 1. The van der Waals surface area contributed by atoms with Gasteiger partial charge in [0.1, 0.15) is 5.69 Å². The van der Waals surface area contributed by atoms with Crippen LogP contribution >= 0.6 is 24.0 Å². The van der Waals surface area contributed by atoms with E-state index in [4.69, 9.17) is 5.73 Å². The largest absolute Gasteiger partial charge is 0.392 e. The van der Waals surface area contributed by atoms with E-state index in [-0.39, 0.29) is 11.4 Å². The van der Waals surface area contributed by atoms with Gasteiger partial charge in [-0.1, -0.05) is 0 Å². The van der Waals surface area contributed by atoms with Gasteiger partial charge in [-0.2, -0.15) is 0 Å². The maximum atomic E-state index is 10.6. The van der Waals surface area contributed by atoms with Crippen LogP contribution in [-0.2, 0) is 0 Å². The van der Waals surface area contributed by atoms with Crippen LogP contribution in [0.3, 0.4) is 0 Å². The Morgan fingerprint density at radius 3 is 2.86 bits per heavy atom. The lowest BCUT2D eigenvalue weighted by molar-refractivity contribution is -0.383. The van der Waals surface area contributed by atoms with Gasteiger partial charge in [-0.15, -0.1) is 24.0 Å². The third kappa shape index (κ3) is 1.32. The summed E-state index contributed by atoms with van der Waals surface area (Å²) in [5.74, 6) is 0. The van der Waals surface area contributed by atoms with Crippen molar-refractivity contribution in [2.24, 2.45) is 0 Å². The predicted octanol–water partition coefficient (Wildman–Crippen LogP) is 2.68. The first kappa shape index (κ1) is 9.29. The summed E-state index contributed by atoms with van der Waals surface area (Å²) in [7, 11) is 0. The zero-order valence-electron chi connectivity index (χ0n) is 6.93. The number of thiophene rings is 1. The highest BCUT2D eigenvalue weighted by Crippen LogP contribution is 2.37. The zero-order chi connectivity index (χ0) is 10.3. The molecule has 2 aromatic rings. The summed E-state index contributed by atoms with van der Waals surface area (Å²) in [6.45, 7) is 0. The Balaban J connectivity index is 2.80. The minimum Gasteiger partial charge on any atom is -0.392 e. The van der Waals surface area contributed by atoms with E-state index in [0.717, 1.165) is 14.3 Å². The van der Waals surface area contributed by atoms with Crippen LogP contribution in [0, 0.1) is 10.1 Å². The second kappa shape index (κ2) is 3.14. The van der Waals surface area contributed by atoms with E-state index in [1.807, 2.05) is 6.07 Å². The standard InChI is InChI=1S/C8H6N2O2S2/c9-7-5(10(11)12)2-1-4-3-6(13)14-8(4)7/h1-3,13H,9H2. The van der Waals surface area contributed by atoms with Crippen molar-refractivity contribution in [1.82, 2.24) is 0 Å². The molecular formula is C8H6N2O2S2. The number of nitrogen functional groups attached to an aromatic ring is 1. The van der Waals surface area contributed by atoms with Gasteiger partial charge in [-0.25, -0.2) is 0 Å². The molecule has 1 aromatic carbocycles. The quantitative estimate of drug-likeness (QED) is 0.340. The number of hydrogen-bond acceptors (Lipinski definition) is 5. The van der Waals surface area contributed by atoms with Crippen LogP contribution in [0.15, 0.2) is 22.4 Å². The van der Waals surface area contributed by atoms with Gasteiger partial charge in [0, 0.05) is 6.07 Å². The molecule has 1 heterocycles. The van der Waals surface area contributed by atoms with E-state index in [2.05, 4.69) is 12.6 Å². The molecule has 4 nitrogen and oxygen atoms in total. The summed E-state index contributed by atoms with van der Waals surface area (Å²) in [6.07, 6.45) is 0. The molecule has 2 rings (SSSR count). The van der Waals surface area contributed by atoms with Crippen LogP contribution < -0.4 is 5.73 Å². The maximum Gasteiger partial charge on any atom is 0.293 e. The van der Waals surface area contributed by atoms with Gasteiger partial charge in [-0.3, -0.25) is 10.1 Å². The number of nitrogens with two attached hydrogens (primary N) is 1. The topological polar surface area (TPSA) is 69.2 Å². The van der Waals surface area contributed by atoms with Crippen LogP contribution in [0.2, 0.25) is 0 Å². The van der Waals surface area contributed by atoms with Gasteiger partial charge >= 0.3 is 0 Å². The number of nitro groups is 1. The smallest absolute Gasteiger partial charge is 0.293 e. The van der Waals surface area contributed by atoms with Crippen molar-refractivity contribution in [3.05, 3.63) is 28.3 Å². The van der Waals surface area contributed by atoms with E-state index in [0.29, 0.717) is 0 Å². The second-order valence-corrected chi connectivity index (χ2v) is 4.60. The number of thiol groups is 1. The molecule has 0 unspecified atom stereocenters. The van der Waals surface area contributed by atoms with E-state index in [1.54, 1.807) is 6.07 Å². The van der Waals surface area contributed by atoms with Crippen molar-refractivity contribution >= 4 is 45.4 Å². The lowest BCUT2D eigenvalue weighted by Gasteiger charge is -1.97. The highest BCUT2D eigenvalue weighted by molar-refractivity contribution is 7.83. The monoisotopic (exact) mass is 226 g/mol. The predicted molar refractivity (Wildman–Crippen MR) is 60.1 cm³/mol. The molecule has 0 aliphatic rings. The molecule has 0 radical (unpaired) electrons. The molecule has 0 atom stereocenters. The Labute approximate surface area is 88.9 Å². The molecule has 0 saturated heterocycles. The van der Waals surface area contributed by atoms with Crippen LogP contribution in [0.25, 0.3) is 10.1 Å². The van der Waals surface area contributed by atoms with E-state index in [9.17, 15) is 10.1 Å². The third-order valence-corrected chi connectivity index (χ3v) is 3.28. The first-order valence-corrected chi connectivity index (χ1v) is 5.01. The highest BCUT2D eigenvalue weighted by Gasteiger charge is 2.15. The summed E-state index contributed by atoms with van der Waals surface area (Å²) in [5.41, 5.74) is 5.84. The van der Waals surface area contributed by atoms with Crippen molar-refractivity contribution in [3.8, 4) is 0 Å². The SMILES string of the molecule is Nc1c([N+](=O)[O-])ccc2cc(S)sc12. The number of nitro benzene ring substituents is 1. The van der Waals surface area contributed by atoms with Crippen molar-refractivity contribution < 1.29 is 4.92 Å². The molecular weight excluding hydrogens is 220 g/mol. The van der Waals surface area contributed by atoms with E-state index in [1.165, 1.54) is 17.4 Å². The molecule has 0 spiro atoms. The molecule has 6 heteroatoms. The fourth-order valence-corrected chi connectivity index (χ4v) is 2.53. The molecule has 72 valence electrons. The minimum absolute atomic E-state index is 0.0484. The Morgan fingerprint density at radius 2 is 2.21 bits per heavy atom. The molecule has 2 N–H and O–H groups in total. The first-order chi connectivity index (χ1) is 6.59. The van der Waals surface area contributed by atoms with Gasteiger partial charge < -0.3 is 5.73 Å². The Hall–Kier alpha value is -1.27. The van der Waals surface area contributed by atoms with Crippen molar-refractivity contribution in [2.45, 2.75) is 4.21 Å². The van der Waals surface area contributed by atoms with Crippen molar-refractivity contribution in [2.75, 3.05) is 5.73 Å². The van der Waals surface area contributed by atoms with Crippen molar-refractivity contribution in [3.63, 3.8) is 0 Å². The van der Waals surface area contributed by atoms with Gasteiger partial charge in [0.15, 0.2) is 0 Å². The fraction of sp³-hybridized carbons (Fsp3) is 0. The maximum absolute atomic E-state index is 10.6. The van der Waals surface area contributed by atoms with E-state index < -0.39 is 4.92 Å². The summed E-state index contributed by atoms with van der Waals surface area (Å²) in [5, 5.41) is 11.5. The molecule has 0 amide bonds. The first-order valence-electron chi connectivity index (χ1n) is 3.75. The summed E-state index contributed by atoms with van der Waals surface area (Å²) in [4.78, 5) is 10.1. The van der Waals surface area contributed by atoms with Gasteiger partial charge in [0.25, 0.3) is 5.69 Å². The summed E-state index contributed by atoms with van der Waals surface area (Å²) >= 11 is 5.51. The Morgan fingerprint density at radius 1 is 1.50 bits per heavy atom. The fourth-order valence-electron chi connectivity index (χ4n) is 1.26. The summed E-state index contributed by atoms with van der Waals surface area (Å²) < 4.78 is 1.52. The molecule has 0 aliphatic heterocycles. The van der Waals surface area contributed by atoms with Gasteiger partial charge in [0.2, 0.25) is 0 Å². The number of nitrogens with zero attached hydrogens (tertiary/aromatic N) is 1. The van der Waals surface area contributed by atoms with Crippen LogP contribution in [0.1, 0.15) is 0 Å². The van der Waals surface area contributed by atoms with Gasteiger partial charge in [0.05, 0.1) is 13.8 Å². The third-order valence-electron chi connectivity index (χ3n) is 1.89. The number of hydrogen-bond donors (Lipinski definition) is 2. The second-order valence-electron chi connectivity index (χ2n) is 2.76. The van der Waals surface area contributed by atoms with Gasteiger partial charge in [-0.05, 0) is 17.5 Å². The lowest BCUT2D eigenvalue weighted by atomic mass is 10.2. The van der Waals surface area contributed by atoms with Crippen LogP contribution in [0.4, 0.5) is 11.4 Å². The van der Waals surface area contributed by atoms with E-state index >= 15 is 0 Å². The molecule has 14 heavy (non-hydrogen) atoms. The van der Waals surface area contributed by atoms with Crippen molar-refractivity contribution in [1.29, 1.82) is 0 Å². The average molecular weight is 226 g/mol. The zero-order valence-corrected chi connectivity index (χ0v) is 8.64. The molecule has 0 saturated carbocycles. The number of benzene rings is 1. The number of rotatable bonds is 1. The highest BCUT2D eigenvalue weighted by atomic mass is 32.2.